The number of thiocarbonyl (C=S) groups is 2. The quantitative estimate of drug-likeness (QED) is 0.742. The summed E-state index contributed by atoms with van der Waals surface area (Å²) in [6.07, 6.45) is 4.91. The first-order valence-corrected chi connectivity index (χ1v) is 6.65. The summed E-state index contributed by atoms with van der Waals surface area (Å²) in [6.45, 7) is 4.22. The fourth-order valence-corrected chi connectivity index (χ4v) is 2.63. The molecule has 2 aliphatic heterocycles. The fraction of sp³-hybridized carbons (Fsp3) is 0.800. The summed E-state index contributed by atoms with van der Waals surface area (Å²) in [5.74, 6) is 0. The Morgan fingerprint density at radius 2 is 1.25 bits per heavy atom. The molecule has 2 heterocycles. The lowest BCUT2D eigenvalue weighted by Crippen LogP contribution is -2.56. The average molecular weight is 258 g/mol. The average Bonchev–Trinajstić information content (AvgIpc) is 2.89. The molecule has 0 aromatic heterocycles. The molecule has 2 N–H and O–H groups in total. The molecule has 2 fully saturated rings. The van der Waals surface area contributed by atoms with Crippen LogP contribution in [0, 0.1) is 0 Å². The Labute approximate surface area is 107 Å². The second kappa shape index (κ2) is 5.35. The van der Waals surface area contributed by atoms with E-state index in [9.17, 15) is 0 Å². The first-order valence-electron chi connectivity index (χ1n) is 5.84. The molecular formula is C10H18N4S2. The van der Waals surface area contributed by atoms with Gasteiger partial charge in [-0.05, 0) is 25.7 Å². The minimum atomic E-state index is 0.328. The van der Waals surface area contributed by atoms with Crippen LogP contribution in [0.4, 0.5) is 0 Å². The fourth-order valence-electron chi connectivity index (χ4n) is 2.31. The standard InChI is InChI=1S/C10H18N4S2/c11-9(15)10(16)14(12-5-1-2-6-12)13-7-3-4-8-13/h1-8H2,(H2,11,15). The van der Waals surface area contributed by atoms with Gasteiger partial charge in [0.05, 0.1) is 0 Å². The van der Waals surface area contributed by atoms with Gasteiger partial charge in [-0.15, -0.1) is 0 Å². The Balaban J connectivity index is 2.10. The molecule has 0 bridgehead atoms. The number of nitrogens with zero attached hydrogens (tertiary/aromatic N) is 3. The van der Waals surface area contributed by atoms with Gasteiger partial charge in [-0.1, -0.05) is 24.4 Å². The third kappa shape index (κ3) is 2.51. The SMILES string of the molecule is NC(=S)C(=S)N(N1CCCC1)N1CCCC1. The van der Waals surface area contributed by atoms with Crippen LogP contribution < -0.4 is 5.73 Å². The zero-order valence-electron chi connectivity index (χ0n) is 9.39. The molecule has 4 nitrogen and oxygen atoms in total. The van der Waals surface area contributed by atoms with E-state index in [-0.39, 0.29) is 0 Å². The van der Waals surface area contributed by atoms with Crippen LogP contribution in [0.3, 0.4) is 0 Å². The first kappa shape index (κ1) is 12.2. The van der Waals surface area contributed by atoms with Crippen LogP contribution in [0.25, 0.3) is 0 Å². The molecular weight excluding hydrogens is 240 g/mol. The van der Waals surface area contributed by atoms with Gasteiger partial charge in [0.15, 0.2) is 4.99 Å². The zero-order chi connectivity index (χ0) is 11.5. The van der Waals surface area contributed by atoms with Crippen molar-refractivity contribution in [2.45, 2.75) is 25.7 Å². The van der Waals surface area contributed by atoms with E-state index in [0.29, 0.717) is 9.98 Å². The molecule has 0 spiro atoms. The van der Waals surface area contributed by atoms with E-state index >= 15 is 0 Å². The predicted octanol–water partition coefficient (Wildman–Crippen LogP) is 0.923. The Morgan fingerprint density at radius 3 is 1.56 bits per heavy atom. The molecule has 0 aromatic rings. The van der Waals surface area contributed by atoms with Crippen molar-refractivity contribution >= 4 is 34.4 Å². The minimum Gasteiger partial charge on any atom is -0.387 e. The van der Waals surface area contributed by atoms with Crippen LogP contribution in [0.1, 0.15) is 25.7 Å². The highest BCUT2D eigenvalue weighted by Crippen LogP contribution is 2.19. The van der Waals surface area contributed by atoms with Crippen molar-refractivity contribution in [3.8, 4) is 0 Å². The highest BCUT2D eigenvalue weighted by atomic mass is 32.1. The van der Waals surface area contributed by atoms with Gasteiger partial charge in [-0.2, -0.15) is 0 Å². The van der Waals surface area contributed by atoms with E-state index in [1.54, 1.807) is 0 Å². The molecule has 90 valence electrons. The zero-order valence-corrected chi connectivity index (χ0v) is 11.0. The molecule has 0 atom stereocenters. The summed E-state index contributed by atoms with van der Waals surface area (Å²) in [7, 11) is 0. The van der Waals surface area contributed by atoms with Crippen LogP contribution in [0.15, 0.2) is 0 Å². The lowest BCUT2D eigenvalue weighted by molar-refractivity contribution is -0.0951. The van der Waals surface area contributed by atoms with Gasteiger partial charge in [-0.3, -0.25) is 0 Å². The van der Waals surface area contributed by atoms with Gasteiger partial charge in [0, 0.05) is 26.2 Å². The molecule has 0 unspecified atom stereocenters. The smallest absolute Gasteiger partial charge is 0.167 e. The minimum absolute atomic E-state index is 0.328. The Bertz CT molecular complexity index is 267. The second-order valence-electron chi connectivity index (χ2n) is 4.28. The van der Waals surface area contributed by atoms with Gasteiger partial charge in [0.25, 0.3) is 0 Å². The van der Waals surface area contributed by atoms with Crippen molar-refractivity contribution < 1.29 is 0 Å². The lowest BCUT2D eigenvalue weighted by Gasteiger charge is -2.39. The second-order valence-corrected chi connectivity index (χ2v) is 5.11. The third-order valence-corrected chi connectivity index (χ3v) is 3.80. The number of rotatable bonds is 2. The largest absolute Gasteiger partial charge is 0.387 e. The summed E-state index contributed by atoms with van der Waals surface area (Å²) in [4.78, 5) is 0.924. The molecule has 2 aliphatic rings. The first-order chi connectivity index (χ1) is 7.70. The maximum Gasteiger partial charge on any atom is 0.167 e. The van der Waals surface area contributed by atoms with Crippen molar-refractivity contribution in [2.75, 3.05) is 26.2 Å². The van der Waals surface area contributed by atoms with Crippen molar-refractivity contribution in [3.05, 3.63) is 0 Å². The number of hydrogen-bond acceptors (Lipinski definition) is 4. The van der Waals surface area contributed by atoms with Crippen molar-refractivity contribution in [3.63, 3.8) is 0 Å². The Hall–Kier alpha value is -0.300. The van der Waals surface area contributed by atoms with E-state index in [4.69, 9.17) is 30.2 Å². The number of hydrazine groups is 2. The van der Waals surface area contributed by atoms with Gasteiger partial charge in [0.1, 0.15) is 4.99 Å². The third-order valence-electron chi connectivity index (χ3n) is 3.09. The van der Waals surface area contributed by atoms with Crippen LogP contribution >= 0.6 is 24.4 Å². The van der Waals surface area contributed by atoms with Crippen LogP contribution in [0.2, 0.25) is 0 Å². The van der Waals surface area contributed by atoms with Gasteiger partial charge in [-0.25, -0.2) is 15.1 Å². The van der Waals surface area contributed by atoms with Gasteiger partial charge >= 0.3 is 0 Å². The van der Waals surface area contributed by atoms with Gasteiger partial charge in [0.2, 0.25) is 0 Å². The molecule has 0 saturated carbocycles. The summed E-state index contributed by atoms with van der Waals surface area (Å²) in [5, 5.41) is 6.59. The van der Waals surface area contributed by atoms with Crippen LogP contribution in [-0.4, -0.2) is 51.3 Å². The van der Waals surface area contributed by atoms with Crippen molar-refractivity contribution in [1.82, 2.24) is 15.1 Å². The monoisotopic (exact) mass is 258 g/mol. The number of hydrogen-bond donors (Lipinski definition) is 1. The molecule has 6 heteroatoms. The number of nitrogens with two attached hydrogens (primary N) is 1. The highest BCUT2D eigenvalue weighted by molar-refractivity contribution is 7.89. The van der Waals surface area contributed by atoms with E-state index < -0.39 is 0 Å². The van der Waals surface area contributed by atoms with Crippen molar-refractivity contribution in [1.29, 1.82) is 0 Å². The normalized spacial score (nSPS) is 22.5. The molecule has 2 rings (SSSR count). The highest BCUT2D eigenvalue weighted by Gasteiger charge is 2.30. The molecule has 0 aliphatic carbocycles. The van der Waals surface area contributed by atoms with Crippen molar-refractivity contribution in [2.24, 2.45) is 5.73 Å². The topological polar surface area (TPSA) is 35.7 Å². The van der Waals surface area contributed by atoms with E-state index in [1.165, 1.54) is 25.7 Å². The molecule has 16 heavy (non-hydrogen) atoms. The summed E-state index contributed by atoms with van der Waals surface area (Å²) in [6, 6.07) is 0. The summed E-state index contributed by atoms with van der Waals surface area (Å²) >= 11 is 10.4. The molecule has 0 amide bonds. The van der Waals surface area contributed by atoms with Gasteiger partial charge < -0.3 is 5.73 Å². The molecule has 0 aromatic carbocycles. The summed E-state index contributed by atoms with van der Waals surface area (Å²) < 4.78 is 0. The summed E-state index contributed by atoms with van der Waals surface area (Å²) in [5.41, 5.74) is 5.67. The molecule has 0 radical (unpaired) electrons. The lowest BCUT2D eigenvalue weighted by atomic mass is 10.4. The van der Waals surface area contributed by atoms with E-state index in [1.807, 2.05) is 0 Å². The molecule has 2 saturated heterocycles. The van der Waals surface area contributed by atoms with Crippen LogP contribution in [-0.2, 0) is 0 Å². The predicted molar refractivity (Wildman–Crippen MR) is 72.8 cm³/mol. The Morgan fingerprint density at radius 1 is 0.875 bits per heavy atom. The van der Waals surface area contributed by atoms with E-state index in [2.05, 4.69) is 15.1 Å². The van der Waals surface area contributed by atoms with Crippen LogP contribution in [0.5, 0.6) is 0 Å². The van der Waals surface area contributed by atoms with E-state index in [0.717, 1.165) is 26.2 Å². The Kier molecular flexibility index (Phi) is 4.07. The maximum absolute atomic E-state index is 5.67. The maximum atomic E-state index is 5.67.